The van der Waals surface area contributed by atoms with Crippen LogP contribution in [0, 0.1) is 0 Å². The van der Waals surface area contributed by atoms with E-state index in [4.69, 9.17) is 9.47 Å². The lowest BCUT2D eigenvalue weighted by atomic mass is 10.1. The van der Waals surface area contributed by atoms with E-state index in [9.17, 15) is 0 Å². The average Bonchev–Trinajstić information content (AvgIpc) is 2.34. The van der Waals surface area contributed by atoms with Crippen molar-refractivity contribution in [2.45, 2.75) is 13.3 Å². The standard InChI is InChI=1S/C14H18O2/c1-4-9-15-13-7-8-14(16-10-5-2)12(6-3)11-13/h4-5,7-8,11H,1-2,6,9-10H2,3H3. The molecule has 0 fully saturated rings. The zero-order valence-electron chi connectivity index (χ0n) is 9.74. The summed E-state index contributed by atoms with van der Waals surface area (Å²) in [5, 5.41) is 0. The molecule has 1 aromatic rings. The van der Waals surface area contributed by atoms with Gasteiger partial charge < -0.3 is 9.47 Å². The highest BCUT2D eigenvalue weighted by Crippen LogP contribution is 2.24. The molecule has 0 N–H and O–H groups in total. The van der Waals surface area contributed by atoms with Crippen LogP contribution in [0.4, 0.5) is 0 Å². The van der Waals surface area contributed by atoms with Crippen molar-refractivity contribution in [3.05, 3.63) is 49.1 Å². The molecule has 0 aliphatic rings. The molecule has 16 heavy (non-hydrogen) atoms. The van der Waals surface area contributed by atoms with Crippen molar-refractivity contribution in [3.63, 3.8) is 0 Å². The van der Waals surface area contributed by atoms with Crippen molar-refractivity contribution in [1.29, 1.82) is 0 Å². The van der Waals surface area contributed by atoms with Gasteiger partial charge in [-0.3, -0.25) is 0 Å². The fraction of sp³-hybridized carbons (Fsp3) is 0.286. The lowest BCUT2D eigenvalue weighted by Gasteiger charge is -2.11. The Morgan fingerprint density at radius 2 is 1.81 bits per heavy atom. The van der Waals surface area contributed by atoms with E-state index in [1.165, 1.54) is 0 Å². The SMILES string of the molecule is C=CCOc1ccc(OCC=C)c(CC)c1. The third-order valence-corrected chi connectivity index (χ3v) is 2.14. The molecule has 2 heteroatoms. The minimum atomic E-state index is 0.524. The Labute approximate surface area is 97.2 Å². The van der Waals surface area contributed by atoms with E-state index >= 15 is 0 Å². The van der Waals surface area contributed by atoms with Crippen molar-refractivity contribution in [1.82, 2.24) is 0 Å². The van der Waals surface area contributed by atoms with Crippen molar-refractivity contribution < 1.29 is 9.47 Å². The molecule has 0 atom stereocenters. The minimum absolute atomic E-state index is 0.524. The zero-order chi connectivity index (χ0) is 11.8. The van der Waals surface area contributed by atoms with Crippen LogP contribution >= 0.6 is 0 Å². The van der Waals surface area contributed by atoms with Crippen LogP contribution in [0.25, 0.3) is 0 Å². The van der Waals surface area contributed by atoms with E-state index in [0.717, 1.165) is 23.5 Å². The zero-order valence-corrected chi connectivity index (χ0v) is 9.74. The average molecular weight is 218 g/mol. The van der Waals surface area contributed by atoms with Crippen LogP contribution in [0.1, 0.15) is 12.5 Å². The molecule has 2 nitrogen and oxygen atoms in total. The van der Waals surface area contributed by atoms with Crippen LogP contribution in [0.15, 0.2) is 43.5 Å². The van der Waals surface area contributed by atoms with Crippen LogP contribution < -0.4 is 9.47 Å². The fourth-order valence-corrected chi connectivity index (χ4v) is 1.37. The molecule has 0 radical (unpaired) electrons. The fourth-order valence-electron chi connectivity index (χ4n) is 1.37. The van der Waals surface area contributed by atoms with Gasteiger partial charge in [-0.25, -0.2) is 0 Å². The van der Waals surface area contributed by atoms with Gasteiger partial charge in [-0.15, -0.1) is 0 Å². The normalized spacial score (nSPS) is 9.56. The maximum Gasteiger partial charge on any atom is 0.123 e. The lowest BCUT2D eigenvalue weighted by Crippen LogP contribution is -1.98. The molecule has 1 aromatic carbocycles. The molecule has 0 heterocycles. The molecule has 0 aromatic heterocycles. The number of hydrogen-bond donors (Lipinski definition) is 0. The van der Waals surface area contributed by atoms with E-state index in [1.54, 1.807) is 12.2 Å². The quantitative estimate of drug-likeness (QED) is 0.653. The summed E-state index contributed by atoms with van der Waals surface area (Å²) in [6.45, 7) is 10.4. The molecule has 0 bridgehead atoms. The Kier molecular flexibility index (Phi) is 5.20. The number of ether oxygens (including phenoxy) is 2. The second-order valence-corrected chi connectivity index (χ2v) is 3.32. The smallest absolute Gasteiger partial charge is 0.123 e. The van der Waals surface area contributed by atoms with E-state index in [1.807, 2.05) is 18.2 Å². The van der Waals surface area contributed by atoms with Gasteiger partial charge >= 0.3 is 0 Å². The predicted molar refractivity (Wildman–Crippen MR) is 67.2 cm³/mol. The summed E-state index contributed by atoms with van der Waals surface area (Å²) in [7, 11) is 0. The van der Waals surface area contributed by atoms with E-state index in [0.29, 0.717) is 13.2 Å². The van der Waals surface area contributed by atoms with Crippen molar-refractivity contribution in [2.75, 3.05) is 13.2 Å². The lowest BCUT2D eigenvalue weighted by molar-refractivity contribution is 0.349. The number of benzene rings is 1. The Morgan fingerprint density at radius 1 is 1.12 bits per heavy atom. The number of aryl methyl sites for hydroxylation is 1. The van der Waals surface area contributed by atoms with Crippen LogP contribution in [-0.4, -0.2) is 13.2 Å². The molecule has 86 valence electrons. The highest BCUT2D eigenvalue weighted by Gasteiger charge is 2.03. The van der Waals surface area contributed by atoms with Crippen LogP contribution in [0.3, 0.4) is 0 Å². The minimum Gasteiger partial charge on any atom is -0.490 e. The number of rotatable bonds is 7. The summed E-state index contributed by atoms with van der Waals surface area (Å²) in [6, 6.07) is 5.84. The van der Waals surface area contributed by atoms with Crippen molar-refractivity contribution >= 4 is 0 Å². The molecule has 0 unspecified atom stereocenters. The largest absolute Gasteiger partial charge is 0.490 e. The van der Waals surface area contributed by atoms with E-state index < -0.39 is 0 Å². The van der Waals surface area contributed by atoms with Gasteiger partial charge in [-0.1, -0.05) is 32.2 Å². The first-order chi connectivity index (χ1) is 7.81. The first-order valence-electron chi connectivity index (χ1n) is 5.42. The first kappa shape index (κ1) is 12.4. The van der Waals surface area contributed by atoms with Crippen molar-refractivity contribution in [2.24, 2.45) is 0 Å². The maximum atomic E-state index is 5.54. The Balaban J connectivity index is 2.78. The van der Waals surface area contributed by atoms with Gasteiger partial charge in [-0.05, 0) is 30.2 Å². The topological polar surface area (TPSA) is 18.5 Å². The van der Waals surface area contributed by atoms with Crippen LogP contribution in [0.2, 0.25) is 0 Å². The summed E-state index contributed by atoms with van der Waals surface area (Å²) in [6.07, 6.45) is 4.38. The van der Waals surface area contributed by atoms with Gasteiger partial charge in [0.1, 0.15) is 24.7 Å². The van der Waals surface area contributed by atoms with Crippen molar-refractivity contribution in [3.8, 4) is 11.5 Å². The van der Waals surface area contributed by atoms with E-state index in [2.05, 4.69) is 20.1 Å². The van der Waals surface area contributed by atoms with Gasteiger partial charge in [0.2, 0.25) is 0 Å². The molecular formula is C14H18O2. The summed E-state index contributed by atoms with van der Waals surface area (Å²) in [5.41, 5.74) is 1.14. The Hall–Kier alpha value is -1.70. The van der Waals surface area contributed by atoms with Gasteiger partial charge in [0, 0.05) is 0 Å². The molecule has 1 rings (SSSR count). The number of hydrogen-bond acceptors (Lipinski definition) is 2. The second kappa shape index (κ2) is 6.72. The Morgan fingerprint density at radius 3 is 2.44 bits per heavy atom. The van der Waals surface area contributed by atoms with Crippen LogP contribution in [-0.2, 0) is 6.42 Å². The van der Waals surface area contributed by atoms with Gasteiger partial charge in [0.15, 0.2) is 0 Å². The molecule has 0 amide bonds. The highest BCUT2D eigenvalue weighted by molar-refractivity contribution is 5.40. The summed E-state index contributed by atoms with van der Waals surface area (Å²) < 4.78 is 11.0. The predicted octanol–water partition coefficient (Wildman–Crippen LogP) is 3.38. The summed E-state index contributed by atoms with van der Waals surface area (Å²) >= 11 is 0. The monoisotopic (exact) mass is 218 g/mol. The molecular weight excluding hydrogens is 200 g/mol. The summed E-state index contributed by atoms with van der Waals surface area (Å²) in [5.74, 6) is 1.75. The highest BCUT2D eigenvalue weighted by atomic mass is 16.5. The van der Waals surface area contributed by atoms with Gasteiger partial charge in [0.25, 0.3) is 0 Å². The van der Waals surface area contributed by atoms with Gasteiger partial charge in [-0.2, -0.15) is 0 Å². The van der Waals surface area contributed by atoms with Crippen LogP contribution in [0.5, 0.6) is 11.5 Å². The third-order valence-electron chi connectivity index (χ3n) is 2.14. The van der Waals surface area contributed by atoms with Gasteiger partial charge in [0.05, 0.1) is 0 Å². The molecule has 0 spiro atoms. The Bertz CT molecular complexity index is 356. The summed E-state index contributed by atoms with van der Waals surface area (Å²) in [4.78, 5) is 0. The second-order valence-electron chi connectivity index (χ2n) is 3.32. The molecule has 0 aliphatic heterocycles. The maximum absolute atomic E-state index is 5.54. The molecule has 0 aliphatic carbocycles. The molecule has 0 saturated carbocycles. The van der Waals surface area contributed by atoms with E-state index in [-0.39, 0.29) is 0 Å². The third kappa shape index (κ3) is 3.46. The molecule has 0 saturated heterocycles. The first-order valence-corrected chi connectivity index (χ1v) is 5.42.